The van der Waals surface area contributed by atoms with Crippen LogP contribution < -0.4 is 4.74 Å². The molecule has 0 N–H and O–H groups in total. The van der Waals surface area contributed by atoms with Gasteiger partial charge in [0.1, 0.15) is 11.4 Å². The number of hydrogen-bond donors (Lipinski definition) is 0. The van der Waals surface area contributed by atoms with Crippen molar-refractivity contribution in [3.63, 3.8) is 0 Å². The zero-order valence-corrected chi connectivity index (χ0v) is 19.2. The van der Waals surface area contributed by atoms with Crippen molar-refractivity contribution in [1.29, 1.82) is 0 Å². The van der Waals surface area contributed by atoms with Gasteiger partial charge < -0.3 is 4.74 Å². The third kappa shape index (κ3) is 3.63. The normalized spacial score (nSPS) is 11.0. The first-order valence-electron chi connectivity index (χ1n) is 10.6. The van der Waals surface area contributed by atoms with E-state index in [0.717, 1.165) is 57.2 Å². The molecule has 4 nitrogen and oxygen atoms in total. The number of rotatable bonds is 5. The van der Waals surface area contributed by atoms with Crippen molar-refractivity contribution in [3.05, 3.63) is 76.1 Å². The van der Waals surface area contributed by atoms with Crippen LogP contribution in [0.2, 0.25) is 0 Å². The van der Waals surface area contributed by atoms with Gasteiger partial charge in [0.25, 0.3) is 0 Å². The molecule has 0 unspecified atom stereocenters. The lowest BCUT2D eigenvalue weighted by Gasteiger charge is -2.11. The number of nitrogens with zero attached hydrogens (tertiary/aromatic N) is 3. The van der Waals surface area contributed by atoms with Crippen LogP contribution in [0.25, 0.3) is 33.1 Å². The Morgan fingerprint density at radius 2 is 1.94 bits per heavy atom. The third-order valence-electron chi connectivity index (χ3n) is 5.73. The fraction of sp³-hybridized carbons (Fsp3) is 0.185. The monoisotopic (exact) mass is 437 g/mol. The van der Waals surface area contributed by atoms with Crippen LogP contribution >= 0.6 is 11.3 Å². The number of methoxy groups -OCH3 is 1. The average molecular weight is 438 g/mol. The Morgan fingerprint density at radius 1 is 1.09 bits per heavy atom. The minimum absolute atomic E-state index is 0.883. The maximum atomic E-state index is 5.72. The second kappa shape index (κ2) is 8.49. The highest BCUT2D eigenvalue weighted by Gasteiger charge is 2.17. The van der Waals surface area contributed by atoms with Crippen molar-refractivity contribution in [1.82, 2.24) is 14.8 Å². The molecule has 3 aromatic heterocycles. The molecule has 32 heavy (non-hydrogen) atoms. The van der Waals surface area contributed by atoms with Crippen LogP contribution in [0.15, 0.2) is 60.1 Å². The topological polar surface area (TPSA) is 39.9 Å². The molecule has 5 aromatic rings. The van der Waals surface area contributed by atoms with Gasteiger partial charge in [0, 0.05) is 39.9 Å². The van der Waals surface area contributed by atoms with Crippen LogP contribution in [0, 0.1) is 11.8 Å². The third-order valence-corrected chi connectivity index (χ3v) is 6.67. The predicted molar refractivity (Wildman–Crippen MR) is 132 cm³/mol. The Balaban J connectivity index is 1.68. The second-order valence-corrected chi connectivity index (χ2v) is 8.74. The highest BCUT2D eigenvalue weighted by atomic mass is 32.1. The molecule has 0 saturated heterocycles. The van der Waals surface area contributed by atoms with Gasteiger partial charge in [-0.05, 0) is 55.0 Å². The molecule has 5 heteroatoms. The smallest absolute Gasteiger partial charge is 0.124 e. The van der Waals surface area contributed by atoms with Gasteiger partial charge in [0.2, 0.25) is 0 Å². The average Bonchev–Trinajstić information content (AvgIpc) is 3.46. The summed E-state index contributed by atoms with van der Waals surface area (Å²) in [5, 5.41) is 9.20. The summed E-state index contributed by atoms with van der Waals surface area (Å²) < 4.78 is 7.63. The molecule has 0 atom stereocenters. The largest absolute Gasteiger partial charge is 0.496 e. The number of thiophene rings is 1. The van der Waals surface area contributed by atoms with Gasteiger partial charge in [0.05, 0.1) is 24.3 Å². The Hall–Kier alpha value is -3.62. The van der Waals surface area contributed by atoms with Crippen molar-refractivity contribution in [2.75, 3.05) is 7.11 Å². The first-order valence-corrected chi connectivity index (χ1v) is 11.4. The molecular weight excluding hydrogens is 414 g/mol. The lowest BCUT2D eigenvalue weighted by atomic mass is 9.99. The van der Waals surface area contributed by atoms with Crippen molar-refractivity contribution in [2.24, 2.45) is 7.05 Å². The Bertz CT molecular complexity index is 1470. The number of benzene rings is 2. The highest BCUT2D eigenvalue weighted by Crippen LogP contribution is 2.36. The summed E-state index contributed by atoms with van der Waals surface area (Å²) in [5.41, 5.74) is 6.15. The van der Waals surface area contributed by atoms with Gasteiger partial charge in [-0.15, -0.1) is 17.3 Å². The summed E-state index contributed by atoms with van der Waals surface area (Å²) in [6.07, 6.45) is 3.80. The van der Waals surface area contributed by atoms with E-state index in [1.54, 1.807) is 18.4 Å². The minimum Gasteiger partial charge on any atom is -0.496 e. The lowest BCUT2D eigenvalue weighted by Crippen LogP contribution is -1.96. The van der Waals surface area contributed by atoms with Crippen LogP contribution in [0.3, 0.4) is 0 Å². The van der Waals surface area contributed by atoms with Gasteiger partial charge in [-0.2, -0.15) is 5.10 Å². The molecule has 0 aliphatic rings. The van der Waals surface area contributed by atoms with Gasteiger partial charge in [-0.1, -0.05) is 24.1 Å². The molecule has 0 fully saturated rings. The molecule has 0 aliphatic carbocycles. The molecule has 158 valence electrons. The molecule has 2 aromatic carbocycles. The number of ether oxygens (including phenoxy) is 1. The van der Waals surface area contributed by atoms with Gasteiger partial charge in [-0.3, -0.25) is 9.67 Å². The molecule has 0 saturated carbocycles. The number of aromatic nitrogens is 3. The van der Waals surface area contributed by atoms with Crippen LogP contribution in [0.4, 0.5) is 0 Å². The van der Waals surface area contributed by atoms with Crippen LogP contribution in [0.1, 0.15) is 22.9 Å². The minimum atomic E-state index is 0.883. The van der Waals surface area contributed by atoms with Crippen LogP contribution in [-0.4, -0.2) is 21.9 Å². The van der Waals surface area contributed by atoms with E-state index < -0.39 is 0 Å². The molecule has 5 rings (SSSR count). The number of aryl methyl sites for hydroxylation is 3. The summed E-state index contributed by atoms with van der Waals surface area (Å²) in [5.74, 6) is 6.94. The van der Waals surface area contributed by atoms with Crippen molar-refractivity contribution in [3.8, 4) is 28.8 Å². The zero-order valence-electron chi connectivity index (χ0n) is 18.3. The Kier molecular flexibility index (Phi) is 5.38. The standard InChI is InChI=1S/C27H23N3OS/c1-4-6-18-8-10-19(11-9-18)27-26-22-15-20(12-13-21-7-5-14-32-21)25(31-3)16-23(22)28-17-24(26)30(2)29-27/h5,7-11,14-17H,12-13H2,1-3H3. The Morgan fingerprint density at radius 3 is 2.66 bits per heavy atom. The number of fused-ring (bicyclic) bond motifs is 3. The molecule has 0 amide bonds. The quantitative estimate of drug-likeness (QED) is 0.316. The molecular formula is C27H23N3OS. The van der Waals surface area contributed by atoms with E-state index >= 15 is 0 Å². The molecule has 0 bridgehead atoms. The fourth-order valence-electron chi connectivity index (χ4n) is 4.16. The van der Waals surface area contributed by atoms with Crippen LogP contribution in [-0.2, 0) is 19.9 Å². The number of hydrogen-bond acceptors (Lipinski definition) is 4. The maximum Gasteiger partial charge on any atom is 0.124 e. The first-order chi connectivity index (χ1) is 15.7. The molecule has 3 heterocycles. The summed E-state index contributed by atoms with van der Waals surface area (Å²) >= 11 is 1.79. The predicted octanol–water partition coefficient (Wildman–Crippen LogP) is 6.02. The van der Waals surface area contributed by atoms with E-state index in [9.17, 15) is 0 Å². The summed E-state index contributed by atoms with van der Waals surface area (Å²) in [7, 11) is 3.70. The molecule has 0 spiro atoms. The van der Waals surface area contributed by atoms with Gasteiger partial charge in [0.15, 0.2) is 0 Å². The van der Waals surface area contributed by atoms with Crippen molar-refractivity contribution in [2.45, 2.75) is 19.8 Å². The number of pyridine rings is 1. The summed E-state index contributed by atoms with van der Waals surface area (Å²) in [6.45, 7) is 1.85. The van der Waals surface area contributed by atoms with E-state index in [4.69, 9.17) is 14.8 Å². The van der Waals surface area contributed by atoms with Crippen molar-refractivity contribution >= 4 is 33.1 Å². The molecule has 0 aliphatic heterocycles. The van der Waals surface area contributed by atoms with Crippen LogP contribution in [0.5, 0.6) is 5.75 Å². The first kappa shape index (κ1) is 20.3. The van der Waals surface area contributed by atoms with E-state index in [1.807, 2.05) is 37.0 Å². The highest BCUT2D eigenvalue weighted by molar-refractivity contribution is 7.09. The van der Waals surface area contributed by atoms with E-state index in [-0.39, 0.29) is 0 Å². The Labute approximate surface area is 191 Å². The van der Waals surface area contributed by atoms with E-state index in [0.29, 0.717) is 0 Å². The van der Waals surface area contributed by atoms with E-state index in [2.05, 4.69) is 53.6 Å². The molecule has 0 radical (unpaired) electrons. The summed E-state index contributed by atoms with van der Waals surface area (Å²) in [6, 6.07) is 16.9. The fourth-order valence-corrected chi connectivity index (χ4v) is 4.87. The van der Waals surface area contributed by atoms with Crippen molar-refractivity contribution < 1.29 is 4.74 Å². The SMILES string of the molecule is CC#Cc1ccc(-c2nn(C)c3cnc4cc(OC)c(CCc5cccs5)cc4c23)cc1. The van der Waals surface area contributed by atoms with E-state index in [1.165, 1.54) is 10.4 Å². The van der Waals surface area contributed by atoms with Gasteiger partial charge >= 0.3 is 0 Å². The maximum absolute atomic E-state index is 5.72. The zero-order chi connectivity index (χ0) is 22.1. The van der Waals surface area contributed by atoms with Gasteiger partial charge in [-0.25, -0.2) is 0 Å². The lowest BCUT2D eigenvalue weighted by molar-refractivity contribution is 0.410. The summed E-state index contributed by atoms with van der Waals surface area (Å²) in [4.78, 5) is 6.09. The second-order valence-electron chi connectivity index (χ2n) is 7.70.